The van der Waals surface area contributed by atoms with Gasteiger partial charge >= 0.3 is 0 Å². The molecule has 0 fully saturated rings. The van der Waals surface area contributed by atoms with Gasteiger partial charge in [-0.1, -0.05) is 31.2 Å². The number of aryl methyl sites for hydroxylation is 4. The van der Waals surface area contributed by atoms with Crippen molar-refractivity contribution in [2.75, 3.05) is 6.61 Å². The monoisotopic (exact) mass is 405 g/mol. The van der Waals surface area contributed by atoms with Gasteiger partial charge in [-0.05, 0) is 53.8 Å². The van der Waals surface area contributed by atoms with Crippen molar-refractivity contribution in [3.63, 3.8) is 0 Å². The summed E-state index contributed by atoms with van der Waals surface area (Å²) in [4.78, 5) is 11.0. The number of tetrazole rings is 1. The first kappa shape index (κ1) is 19.1. The first-order valence-electron chi connectivity index (χ1n) is 10.7. The van der Waals surface area contributed by atoms with Crippen LogP contribution in [0.5, 0.6) is 0 Å². The lowest BCUT2D eigenvalue weighted by Crippen LogP contribution is -2.18. The van der Waals surface area contributed by atoms with Crippen molar-refractivity contribution in [1.29, 1.82) is 0 Å². The Labute approximate surface area is 175 Å². The molecule has 4 heterocycles. The van der Waals surface area contributed by atoms with Gasteiger partial charge in [0.2, 0.25) is 5.65 Å². The molecule has 0 atom stereocenters. The van der Waals surface area contributed by atoms with Crippen LogP contribution in [-0.2, 0) is 30.9 Å². The number of aromatic nitrogens is 6. The Kier molecular flexibility index (Phi) is 4.96. The normalized spacial score (nSPS) is 14.2. The molecular formula is C22H27N7O. The van der Waals surface area contributed by atoms with Crippen LogP contribution in [0.3, 0.4) is 0 Å². The van der Waals surface area contributed by atoms with Crippen molar-refractivity contribution < 1.29 is 4.84 Å². The first-order valence-corrected chi connectivity index (χ1v) is 10.7. The van der Waals surface area contributed by atoms with Crippen LogP contribution in [0, 0.1) is 13.8 Å². The fourth-order valence-electron chi connectivity index (χ4n) is 4.39. The minimum absolute atomic E-state index is 0.686. The Bertz CT molecular complexity index is 1180. The van der Waals surface area contributed by atoms with E-state index in [9.17, 15) is 0 Å². The number of hydroxylamine groups is 2. The number of rotatable bonds is 7. The molecule has 8 nitrogen and oxygen atoms in total. The molecule has 30 heavy (non-hydrogen) atoms. The molecule has 1 aliphatic rings. The van der Waals surface area contributed by atoms with Crippen LogP contribution in [0.15, 0.2) is 24.3 Å². The zero-order valence-electron chi connectivity index (χ0n) is 17.8. The van der Waals surface area contributed by atoms with E-state index in [1.54, 1.807) is 4.52 Å². The average molecular weight is 406 g/mol. The summed E-state index contributed by atoms with van der Waals surface area (Å²) >= 11 is 0. The third-order valence-corrected chi connectivity index (χ3v) is 6.03. The van der Waals surface area contributed by atoms with E-state index in [0.29, 0.717) is 6.61 Å². The lowest BCUT2D eigenvalue weighted by atomic mass is 10.1. The van der Waals surface area contributed by atoms with Gasteiger partial charge in [0.1, 0.15) is 11.3 Å². The summed E-state index contributed by atoms with van der Waals surface area (Å²) in [6, 6.07) is 8.54. The quantitative estimate of drug-likeness (QED) is 0.439. The zero-order chi connectivity index (χ0) is 20.7. The predicted octanol–water partition coefficient (Wildman–Crippen LogP) is 3.38. The molecule has 0 aliphatic carbocycles. The number of nitrogens with zero attached hydrogens (tertiary/aromatic N) is 7. The van der Waals surface area contributed by atoms with Crippen molar-refractivity contribution >= 4 is 16.7 Å². The van der Waals surface area contributed by atoms with Crippen molar-refractivity contribution in [2.45, 2.75) is 59.7 Å². The van der Waals surface area contributed by atoms with Gasteiger partial charge in [0.15, 0.2) is 0 Å². The zero-order valence-corrected chi connectivity index (χ0v) is 17.8. The highest BCUT2D eigenvalue weighted by molar-refractivity contribution is 5.91. The number of pyridine rings is 1. The Morgan fingerprint density at radius 1 is 1.10 bits per heavy atom. The van der Waals surface area contributed by atoms with Crippen LogP contribution in [0.4, 0.5) is 0 Å². The maximum atomic E-state index is 6.07. The summed E-state index contributed by atoms with van der Waals surface area (Å²) < 4.78 is 4.14. The van der Waals surface area contributed by atoms with Crippen LogP contribution < -0.4 is 0 Å². The SMILES string of the molecule is CCCc1nc2c(c(C)c(C)n3nnnc23)n1CCCON1Cc2ccccc2C1. The lowest BCUT2D eigenvalue weighted by molar-refractivity contribution is -0.166. The number of hydrogen-bond donors (Lipinski definition) is 0. The Balaban J connectivity index is 1.35. The molecule has 8 heteroatoms. The van der Waals surface area contributed by atoms with Gasteiger partial charge in [0.05, 0.1) is 12.1 Å². The molecule has 0 bridgehead atoms. The fourth-order valence-corrected chi connectivity index (χ4v) is 4.39. The van der Waals surface area contributed by atoms with Crippen molar-refractivity contribution in [1.82, 2.24) is 34.7 Å². The molecule has 0 saturated heterocycles. The lowest BCUT2D eigenvalue weighted by Gasteiger charge is -2.16. The Hall–Kier alpha value is -2.84. The fraction of sp³-hybridized carbons (Fsp3) is 0.455. The van der Waals surface area contributed by atoms with E-state index >= 15 is 0 Å². The number of imidazole rings is 1. The van der Waals surface area contributed by atoms with Gasteiger partial charge < -0.3 is 4.57 Å². The minimum Gasteiger partial charge on any atom is -0.328 e. The van der Waals surface area contributed by atoms with E-state index < -0.39 is 0 Å². The van der Waals surface area contributed by atoms with E-state index in [0.717, 1.165) is 67.1 Å². The highest BCUT2D eigenvalue weighted by Gasteiger charge is 2.21. The molecule has 156 valence electrons. The van der Waals surface area contributed by atoms with E-state index in [-0.39, 0.29) is 0 Å². The van der Waals surface area contributed by atoms with E-state index in [2.05, 4.69) is 70.2 Å². The summed E-state index contributed by atoms with van der Waals surface area (Å²) in [6.07, 6.45) is 2.90. The molecule has 4 aromatic rings. The molecule has 5 rings (SSSR count). The molecule has 0 radical (unpaired) electrons. The van der Waals surface area contributed by atoms with Crippen LogP contribution in [-0.4, -0.2) is 41.3 Å². The van der Waals surface area contributed by atoms with Crippen LogP contribution in [0.2, 0.25) is 0 Å². The third kappa shape index (κ3) is 3.16. The third-order valence-electron chi connectivity index (χ3n) is 6.03. The molecule has 0 N–H and O–H groups in total. The van der Waals surface area contributed by atoms with Crippen molar-refractivity contribution in [3.05, 3.63) is 52.5 Å². The summed E-state index contributed by atoms with van der Waals surface area (Å²) in [6.45, 7) is 9.65. The largest absolute Gasteiger partial charge is 0.328 e. The molecule has 0 amide bonds. The summed E-state index contributed by atoms with van der Waals surface area (Å²) in [5, 5.41) is 14.3. The first-order chi connectivity index (χ1) is 14.7. The van der Waals surface area contributed by atoms with Gasteiger partial charge in [-0.25, -0.2) is 4.98 Å². The smallest absolute Gasteiger partial charge is 0.207 e. The van der Waals surface area contributed by atoms with Crippen molar-refractivity contribution in [2.24, 2.45) is 0 Å². The molecule has 1 aromatic carbocycles. The van der Waals surface area contributed by atoms with Gasteiger partial charge in [-0.2, -0.15) is 9.58 Å². The topological polar surface area (TPSA) is 73.4 Å². The number of benzene rings is 1. The highest BCUT2D eigenvalue weighted by Crippen LogP contribution is 2.27. The number of hydrogen-bond acceptors (Lipinski definition) is 6. The summed E-state index contributed by atoms with van der Waals surface area (Å²) in [5.41, 5.74) is 7.72. The number of fused-ring (bicyclic) bond motifs is 4. The van der Waals surface area contributed by atoms with E-state index in [1.807, 2.05) is 0 Å². The standard InChI is InChI=1S/C22H27N7O/c1-4-8-19-23-20-21(15(2)16(3)29-22(20)24-25-26-29)28(19)11-7-12-30-27-13-17-9-5-6-10-18(17)14-27/h5-6,9-10H,4,7-8,11-14H2,1-3H3. The molecule has 0 spiro atoms. The second kappa shape index (κ2) is 7.77. The van der Waals surface area contributed by atoms with Gasteiger partial charge in [-0.3, -0.25) is 4.84 Å². The average Bonchev–Trinajstić information content (AvgIpc) is 3.46. The predicted molar refractivity (Wildman–Crippen MR) is 114 cm³/mol. The Morgan fingerprint density at radius 2 is 1.87 bits per heavy atom. The molecule has 3 aromatic heterocycles. The summed E-state index contributed by atoms with van der Waals surface area (Å²) in [7, 11) is 0. The maximum Gasteiger partial charge on any atom is 0.207 e. The second-order valence-corrected chi connectivity index (χ2v) is 8.01. The van der Waals surface area contributed by atoms with Crippen LogP contribution >= 0.6 is 0 Å². The van der Waals surface area contributed by atoms with Gasteiger partial charge in [-0.15, -0.1) is 5.10 Å². The van der Waals surface area contributed by atoms with Crippen LogP contribution in [0.25, 0.3) is 16.7 Å². The molecule has 0 saturated carbocycles. The maximum absolute atomic E-state index is 6.07. The molecular weight excluding hydrogens is 378 g/mol. The molecule has 0 unspecified atom stereocenters. The van der Waals surface area contributed by atoms with Gasteiger partial charge in [0.25, 0.3) is 0 Å². The Morgan fingerprint density at radius 3 is 2.60 bits per heavy atom. The van der Waals surface area contributed by atoms with E-state index in [1.165, 1.54) is 16.7 Å². The van der Waals surface area contributed by atoms with Crippen LogP contribution in [0.1, 0.15) is 48.0 Å². The minimum atomic E-state index is 0.686. The van der Waals surface area contributed by atoms with Gasteiger partial charge in [0, 0.05) is 31.7 Å². The highest BCUT2D eigenvalue weighted by atomic mass is 16.7. The van der Waals surface area contributed by atoms with Crippen molar-refractivity contribution in [3.8, 4) is 0 Å². The summed E-state index contributed by atoms with van der Waals surface area (Å²) in [5.74, 6) is 1.10. The molecule has 1 aliphatic heterocycles. The second-order valence-electron chi connectivity index (χ2n) is 8.01. The van der Waals surface area contributed by atoms with E-state index in [4.69, 9.17) is 9.82 Å².